The van der Waals surface area contributed by atoms with Crippen LogP contribution in [0.15, 0.2) is 22.6 Å². The lowest BCUT2D eigenvalue weighted by Gasteiger charge is -2.34. The predicted molar refractivity (Wildman–Crippen MR) is 110 cm³/mol. The van der Waals surface area contributed by atoms with Gasteiger partial charge in [-0.15, -0.1) is 0 Å². The van der Waals surface area contributed by atoms with Crippen LogP contribution in [0.25, 0.3) is 5.69 Å². The molecule has 164 valence electrons. The van der Waals surface area contributed by atoms with Gasteiger partial charge in [0.1, 0.15) is 17.3 Å². The van der Waals surface area contributed by atoms with E-state index in [-0.39, 0.29) is 11.6 Å². The Bertz CT molecular complexity index is 1110. The molecule has 2 aromatic heterocycles. The Kier molecular flexibility index (Phi) is 5.62. The molecule has 1 fully saturated rings. The third kappa shape index (κ3) is 4.10. The van der Waals surface area contributed by atoms with Crippen molar-refractivity contribution in [3.63, 3.8) is 0 Å². The first kappa shape index (κ1) is 21.2. The van der Waals surface area contributed by atoms with Gasteiger partial charge in [0.05, 0.1) is 29.2 Å². The highest BCUT2D eigenvalue weighted by molar-refractivity contribution is 5.96. The van der Waals surface area contributed by atoms with E-state index in [4.69, 9.17) is 4.42 Å². The van der Waals surface area contributed by atoms with Gasteiger partial charge >= 0.3 is 0 Å². The summed E-state index contributed by atoms with van der Waals surface area (Å²) in [6.07, 6.45) is 0. The molecule has 0 bridgehead atoms. The van der Waals surface area contributed by atoms with Crippen LogP contribution in [0.3, 0.4) is 0 Å². The Hall–Kier alpha value is -3.07. The third-order valence-corrected chi connectivity index (χ3v) is 5.73. The van der Waals surface area contributed by atoms with E-state index >= 15 is 0 Å². The van der Waals surface area contributed by atoms with Gasteiger partial charge < -0.3 is 9.32 Å². The van der Waals surface area contributed by atoms with Gasteiger partial charge in [-0.05, 0) is 39.8 Å². The lowest BCUT2D eigenvalue weighted by Crippen LogP contribution is -2.48. The minimum Gasteiger partial charge on any atom is -0.444 e. The van der Waals surface area contributed by atoms with Crippen molar-refractivity contribution >= 4 is 5.91 Å². The van der Waals surface area contributed by atoms with Gasteiger partial charge in [0.2, 0.25) is 5.89 Å². The molecule has 3 aromatic rings. The molecule has 31 heavy (non-hydrogen) atoms. The Balaban J connectivity index is 1.47. The number of nitrogens with zero attached hydrogens (tertiary/aromatic N) is 5. The van der Waals surface area contributed by atoms with Crippen molar-refractivity contribution in [3.05, 3.63) is 64.1 Å². The fourth-order valence-electron chi connectivity index (χ4n) is 3.91. The molecule has 3 heterocycles. The maximum absolute atomic E-state index is 14.2. The van der Waals surface area contributed by atoms with Crippen molar-refractivity contribution in [1.29, 1.82) is 0 Å². The zero-order valence-electron chi connectivity index (χ0n) is 18.1. The van der Waals surface area contributed by atoms with E-state index in [9.17, 15) is 13.6 Å². The molecule has 0 atom stereocenters. The topological polar surface area (TPSA) is 67.4 Å². The highest BCUT2D eigenvalue weighted by Gasteiger charge is 2.28. The molecule has 0 aliphatic carbocycles. The Morgan fingerprint density at radius 2 is 1.77 bits per heavy atom. The van der Waals surface area contributed by atoms with Crippen molar-refractivity contribution in [2.24, 2.45) is 0 Å². The van der Waals surface area contributed by atoms with Crippen LogP contribution in [-0.4, -0.2) is 56.7 Å². The van der Waals surface area contributed by atoms with Crippen molar-refractivity contribution < 1.29 is 18.0 Å². The largest absolute Gasteiger partial charge is 0.444 e. The second kappa shape index (κ2) is 8.22. The van der Waals surface area contributed by atoms with Gasteiger partial charge in [-0.25, -0.2) is 18.4 Å². The van der Waals surface area contributed by atoms with Crippen LogP contribution in [0.1, 0.15) is 39.1 Å². The molecule has 0 N–H and O–H groups in total. The zero-order chi connectivity index (χ0) is 22.3. The Morgan fingerprint density at radius 3 is 2.39 bits per heavy atom. The number of hydrogen-bond donors (Lipinski definition) is 0. The maximum atomic E-state index is 14.2. The number of aromatic nitrogens is 3. The smallest absolute Gasteiger partial charge is 0.257 e. The van der Waals surface area contributed by atoms with Crippen molar-refractivity contribution in [3.8, 4) is 5.69 Å². The Morgan fingerprint density at radius 1 is 1.06 bits per heavy atom. The van der Waals surface area contributed by atoms with E-state index in [2.05, 4.69) is 15.0 Å². The number of halogens is 2. The number of oxazole rings is 1. The number of rotatable bonds is 4. The third-order valence-electron chi connectivity index (χ3n) is 5.73. The number of carbonyl (C=O) groups is 1. The van der Waals surface area contributed by atoms with Gasteiger partial charge in [0.25, 0.3) is 5.91 Å². The average molecular weight is 429 g/mol. The SMILES string of the molecule is Cc1nc(CN2CCN(C(=O)c3c(C)nn(-c4ccc(F)cc4F)c3C)CC2)oc1C. The molecule has 7 nitrogen and oxygen atoms in total. The second-order valence-electron chi connectivity index (χ2n) is 7.87. The van der Waals surface area contributed by atoms with Gasteiger partial charge in [0.15, 0.2) is 5.82 Å². The number of hydrogen-bond acceptors (Lipinski definition) is 5. The minimum absolute atomic E-state index is 0.113. The maximum Gasteiger partial charge on any atom is 0.257 e. The van der Waals surface area contributed by atoms with E-state index in [0.29, 0.717) is 55.6 Å². The second-order valence-corrected chi connectivity index (χ2v) is 7.87. The molecule has 0 spiro atoms. The Labute approximate surface area is 179 Å². The fourth-order valence-corrected chi connectivity index (χ4v) is 3.91. The monoisotopic (exact) mass is 429 g/mol. The molecule has 1 saturated heterocycles. The molecule has 1 aromatic carbocycles. The quantitative estimate of drug-likeness (QED) is 0.637. The van der Waals surface area contributed by atoms with Crippen molar-refractivity contribution in [1.82, 2.24) is 24.6 Å². The first-order valence-corrected chi connectivity index (χ1v) is 10.2. The fraction of sp³-hybridized carbons (Fsp3) is 0.409. The summed E-state index contributed by atoms with van der Waals surface area (Å²) >= 11 is 0. The number of carbonyl (C=O) groups excluding carboxylic acids is 1. The standard InChI is InChI=1S/C22H25F2N5O2/c1-13-16(4)31-20(25-13)12-27-7-9-28(10-8-27)22(30)21-14(2)26-29(15(21)3)19-6-5-17(23)11-18(19)24/h5-6,11H,7-10,12H2,1-4H3. The van der Waals surface area contributed by atoms with Crippen LogP contribution >= 0.6 is 0 Å². The van der Waals surface area contributed by atoms with Crippen molar-refractivity contribution in [2.75, 3.05) is 26.2 Å². The van der Waals surface area contributed by atoms with Crippen LogP contribution < -0.4 is 0 Å². The summed E-state index contributed by atoms with van der Waals surface area (Å²) in [6.45, 7) is 10.4. The summed E-state index contributed by atoms with van der Waals surface area (Å²) in [5.41, 5.74) is 2.50. The van der Waals surface area contributed by atoms with E-state index in [1.807, 2.05) is 13.8 Å². The summed E-state index contributed by atoms with van der Waals surface area (Å²) in [7, 11) is 0. The van der Waals surface area contributed by atoms with Crippen LogP contribution in [0.2, 0.25) is 0 Å². The number of aryl methyl sites for hydroxylation is 3. The lowest BCUT2D eigenvalue weighted by atomic mass is 10.1. The van der Waals surface area contributed by atoms with E-state index in [1.54, 1.807) is 18.7 Å². The zero-order valence-corrected chi connectivity index (χ0v) is 18.1. The molecule has 0 radical (unpaired) electrons. The van der Waals surface area contributed by atoms with Gasteiger partial charge in [-0.2, -0.15) is 5.10 Å². The molecule has 0 unspecified atom stereocenters. The lowest BCUT2D eigenvalue weighted by molar-refractivity contribution is 0.0616. The summed E-state index contributed by atoms with van der Waals surface area (Å²) in [5, 5.41) is 4.34. The molecule has 1 aliphatic heterocycles. The molecule has 1 amide bonds. The van der Waals surface area contributed by atoms with E-state index in [0.717, 1.165) is 17.5 Å². The highest BCUT2D eigenvalue weighted by atomic mass is 19.1. The van der Waals surface area contributed by atoms with Gasteiger partial charge in [-0.3, -0.25) is 9.69 Å². The summed E-state index contributed by atoms with van der Waals surface area (Å²) < 4.78 is 34.5. The number of piperazine rings is 1. The molecular weight excluding hydrogens is 404 g/mol. The van der Waals surface area contributed by atoms with Crippen LogP contribution in [0, 0.1) is 39.3 Å². The molecule has 0 saturated carbocycles. The molecule has 1 aliphatic rings. The minimum atomic E-state index is -0.727. The average Bonchev–Trinajstić information content (AvgIpc) is 3.19. The normalized spacial score (nSPS) is 15.0. The van der Waals surface area contributed by atoms with Crippen LogP contribution in [0.5, 0.6) is 0 Å². The number of amides is 1. The first-order chi connectivity index (χ1) is 14.7. The summed E-state index contributed by atoms with van der Waals surface area (Å²) in [6, 6.07) is 3.30. The predicted octanol–water partition coefficient (Wildman–Crippen LogP) is 3.33. The summed E-state index contributed by atoms with van der Waals surface area (Å²) in [5.74, 6) is -0.0121. The summed E-state index contributed by atoms with van der Waals surface area (Å²) in [4.78, 5) is 21.6. The van der Waals surface area contributed by atoms with E-state index < -0.39 is 11.6 Å². The van der Waals surface area contributed by atoms with Crippen LogP contribution in [-0.2, 0) is 6.54 Å². The van der Waals surface area contributed by atoms with Crippen molar-refractivity contribution in [2.45, 2.75) is 34.2 Å². The molecule has 4 rings (SSSR count). The van der Waals surface area contributed by atoms with Gasteiger partial charge in [0, 0.05) is 32.2 Å². The highest BCUT2D eigenvalue weighted by Crippen LogP contribution is 2.23. The van der Waals surface area contributed by atoms with Gasteiger partial charge in [-0.1, -0.05) is 0 Å². The molecular formula is C22H25F2N5O2. The van der Waals surface area contributed by atoms with E-state index in [1.165, 1.54) is 16.8 Å². The number of benzene rings is 1. The molecule has 9 heteroatoms. The van der Waals surface area contributed by atoms with Crippen LogP contribution in [0.4, 0.5) is 8.78 Å². The first-order valence-electron chi connectivity index (χ1n) is 10.2.